The number of pyridine rings is 1. The maximum atomic E-state index is 6.04. The largest absolute Gasteiger partial charge is 0.382 e. The van der Waals surface area contributed by atoms with Gasteiger partial charge in [-0.2, -0.15) is 4.37 Å². The van der Waals surface area contributed by atoms with E-state index in [9.17, 15) is 0 Å². The molecule has 0 spiro atoms. The summed E-state index contributed by atoms with van der Waals surface area (Å²) in [5.41, 5.74) is 8.14. The van der Waals surface area contributed by atoms with E-state index in [2.05, 4.69) is 21.6 Å². The lowest BCUT2D eigenvalue weighted by Gasteiger charge is -2.27. The van der Waals surface area contributed by atoms with Gasteiger partial charge in [-0.3, -0.25) is 4.98 Å². The minimum absolute atomic E-state index is 0.548. The molecule has 2 aromatic rings. The van der Waals surface area contributed by atoms with Gasteiger partial charge in [0.05, 0.1) is 5.56 Å². The van der Waals surface area contributed by atoms with Gasteiger partial charge >= 0.3 is 0 Å². The first-order valence-corrected chi connectivity index (χ1v) is 7.93. The lowest BCUT2D eigenvalue weighted by Crippen LogP contribution is -2.24. The Labute approximate surface area is 123 Å². The molecule has 0 aromatic carbocycles. The molecule has 0 bridgehead atoms. The van der Waals surface area contributed by atoms with Crippen molar-refractivity contribution in [2.24, 2.45) is 5.92 Å². The molecule has 5 heteroatoms. The quantitative estimate of drug-likeness (QED) is 0.902. The van der Waals surface area contributed by atoms with Gasteiger partial charge < -0.3 is 11.1 Å². The summed E-state index contributed by atoms with van der Waals surface area (Å²) >= 11 is 1.46. The van der Waals surface area contributed by atoms with E-state index in [-0.39, 0.29) is 0 Å². The van der Waals surface area contributed by atoms with Crippen molar-refractivity contribution in [3.8, 4) is 11.1 Å². The first-order chi connectivity index (χ1) is 9.74. The number of hydrogen-bond donors (Lipinski definition) is 2. The van der Waals surface area contributed by atoms with E-state index in [4.69, 9.17) is 5.73 Å². The molecule has 3 N–H and O–H groups in total. The first kappa shape index (κ1) is 13.4. The van der Waals surface area contributed by atoms with Crippen molar-refractivity contribution in [2.45, 2.75) is 38.6 Å². The molecule has 106 valence electrons. The smallest absolute Gasteiger partial charge is 0.147 e. The summed E-state index contributed by atoms with van der Waals surface area (Å²) in [4.78, 5) is 4.06. The van der Waals surface area contributed by atoms with Gasteiger partial charge in [-0.15, -0.1) is 0 Å². The topological polar surface area (TPSA) is 63.8 Å². The molecule has 0 aliphatic heterocycles. The van der Waals surface area contributed by atoms with Crippen LogP contribution in [-0.4, -0.2) is 15.4 Å². The van der Waals surface area contributed by atoms with Gasteiger partial charge in [0.1, 0.15) is 10.8 Å². The number of hydrogen-bond acceptors (Lipinski definition) is 5. The third-order valence-electron chi connectivity index (χ3n) is 4.04. The molecule has 0 saturated heterocycles. The molecule has 2 heterocycles. The van der Waals surface area contributed by atoms with Crippen LogP contribution < -0.4 is 11.1 Å². The van der Waals surface area contributed by atoms with E-state index in [0.717, 1.165) is 22.0 Å². The third kappa shape index (κ3) is 2.77. The highest BCUT2D eigenvalue weighted by Crippen LogP contribution is 2.38. The van der Waals surface area contributed by atoms with Crippen molar-refractivity contribution < 1.29 is 0 Å². The standard InChI is InChI=1S/C15H20N4S/c1-10-2-4-12(5-3-10)18-15-13(14(16)19-20-15)11-6-8-17-9-7-11/h6-10,12,18H,2-5H2,1H3,(H2,16,19). The second-order valence-corrected chi connectivity index (χ2v) is 6.38. The second kappa shape index (κ2) is 5.79. The number of rotatable bonds is 3. The fourth-order valence-corrected chi connectivity index (χ4v) is 3.60. The molecule has 1 aliphatic rings. The Kier molecular flexibility index (Phi) is 3.87. The molecule has 4 nitrogen and oxygen atoms in total. The van der Waals surface area contributed by atoms with E-state index < -0.39 is 0 Å². The molecule has 1 aliphatic carbocycles. The van der Waals surface area contributed by atoms with E-state index in [0.29, 0.717) is 11.9 Å². The van der Waals surface area contributed by atoms with Crippen LogP contribution in [0.5, 0.6) is 0 Å². The minimum atomic E-state index is 0.548. The summed E-state index contributed by atoms with van der Waals surface area (Å²) in [6, 6.07) is 4.51. The first-order valence-electron chi connectivity index (χ1n) is 7.16. The Balaban J connectivity index is 1.81. The maximum absolute atomic E-state index is 6.04. The van der Waals surface area contributed by atoms with Crippen LogP contribution >= 0.6 is 11.5 Å². The van der Waals surface area contributed by atoms with Crippen LogP contribution in [0.3, 0.4) is 0 Å². The van der Waals surface area contributed by atoms with E-state index in [1.54, 1.807) is 12.4 Å². The minimum Gasteiger partial charge on any atom is -0.382 e. The Morgan fingerprint density at radius 1 is 1.20 bits per heavy atom. The van der Waals surface area contributed by atoms with Crippen molar-refractivity contribution in [3.05, 3.63) is 24.5 Å². The van der Waals surface area contributed by atoms with Crippen LogP contribution in [0.2, 0.25) is 0 Å². The molecule has 0 unspecified atom stereocenters. The summed E-state index contributed by atoms with van der Waals surface area (Å²) in [6.45, 7) is 2.34. The Morgan fingerprint density at radius 2 is 1.90 bits per heavy atom. The summed E-state index contributed by atoms with van der Waals surface area (Å²) < 4.78 is 4.31. The van der Waals surface area contributed by atoms with Crippen molar-refractivity contribution in [3.63, 3.8) is 0 Å². The average molecular weight is 288 g/mol. The number of nitrogens with one attached hydrogen (secondary N) is 1. The van der Waals surface area contributed by atoms with E-state index in [1.165, 1.54) is 37.2 Å². The lowest BCUT2D eigenvalue weighted by atomic mass is 9.87. The van der Waals surface area contributed by atoms with Crippen molar-refractivity contribution in [1.82, 2.24) is 9.36 Å². The van der Waals surface area contributed by atoms with Gasteiger partial charge in [-0.25, -0.2) is 0 Å². The fourth-order valence-electron chi connectivity index (χ4n) is 2.79. The lowest BCUT2D eigenvalue weighted by molar-refractivity contribution is 0.361. The number of nitrogen functional groups attached to an aromatic ring is 1. The normalized spacial score (nSPS) is 22.6. The van der Waals surface area contributed by atoms with Crippen molar-refractivity contribution in [2.75, 3.05) is 11.1 Å². The molecule has 20 heavy (non-hydrogen) atoms. The highest BCUT2D eigenvalue weighted by molar-refractivity contribution is 7.11. The fraction of sp³-hybridized carbons (Fsp3) is 0.467. The van der Waals surface area contributed by atoms with Crippen LogP contribution in [0.25, 0.3) is 11.1 Å². The van der Waals surface area contributed by atoms with Crippen LogP contribution in [0.1, 0.15) is 32.6 Å². The zero-order valence-electron chi connectivity index (χ0n) is 11.7. The average Bonchev–Trinajstić information content (AvgIpc) is 2.83. The molecule has 0 amide bonds. The highest BCUT2D eigenvalue weighted by Gasteiger charge is 2.21. The van der Waals surface area contributed by atoms with E-state index >= 15 is 0 Å². The predicted molar refractivity (Wildman–Crippen MR) is 84.8 cm³/mol. The zero-order valence-corrected chi connectivity index (χ0v) is 12.5. The van der Waals surface area contributed by atoms with Crippen LogP contribution in [-0.2, 0) is 0 Å². The summed E-state index contributed by atoms with van der Waals surface area (Å²) in [5, 5.41) is 4.74. The molecule has 3 rings (SSSR count). The third-order valence-corrected chi connectivity index (χ3v) is 4.83. The zero-order chi connectivity index (χ0) is 13.9. The SMILES string of the molecule is CC1CCC(Nc2snc(N)c2-c2ccncc2)CC1. The van der Waals surface area contributed by atoms with E-state index in [1.807, 2.05) is 12.1 Å². The summed E-state index contributed by atoms with van der Waals surface area (Å²) in [7, 11) is 0. The summed E-state index contributed by atoms with van der Waals surface area (Å²) in [5.74, 6) is 1.46. The Hall–Kier alpha value is -1.62. The molecule has 0 radical (unpaired) electrons. The predicted octanol–water partition coefficient (Wildman–Crippen LogP) is 3.78. The summed E-state index contributed by atoms with van der Waals surface area (Å²) in [6.07, 6.45) is 8.65. The van der Waals surface area contributed by atoms with Gasteiger partial charge in [-0.05, 0) is 60.8 Å². The Morgan fingerprint density at radius 3 is 2.60 bits per heavy atom. The van der Waals surface area contributed by atoms with Gasteiger partial charge in [0.2, 0.25) is 0 Å². The number of anilines is 2. The molecule has 1 fully saturated rings. The number of nitrogens with zero attached hydrogens (tertiary/aromatic N) is 2. The van der Waals surface area contributed by atoms with Gasteiger partial charge in [0, 0.05) is 18.4 Å². The molecule has 0 atom stereocenters. The van der Waals surface area contributed by atoms with Gasteiger partial charge in [0.25, 0.3) is 0 Å². The van der Waals surface area contributed by atoms with Crippen molar-refractivity contribution >= 4 is 22.4 Å². The van der Waals surface area contributed by atoms with Crippen LogP contribution in [0.15, 0.2) is 24.5 Å². The highest BCUT2D eigenvalue weighted by atomic mass is 32.1. The van der Waals surface area contributed by atoms with Crippen LogP contribution in [0.4, 0.5) is 10.8 Å². The monoisotopic (exact) mass is 288 g/mol. The molecular formula is C15H20N4S. The molecular weight excluding hydrogens is 268 g/mol. The maximum Gasteiger partial charge on any atom is 0.147 e. The van der Waals surface area contributed by atoms with Gasteiger partial charge in [0.15, 0.2) is 0 Å². The Bertz CT molecular complexity index is 559. The second-order valence-electron chi connectivity index (χ2n) is 5.61. The van der Waals surface area contributed by atoms with Crippen molar-refractivity contribution in [1.29, 1.82) is 0 Å². The molecule has 1 saturated carbocycles. The van der Waals surface area contributed by atoms with Crippen LogP contribution in [0, 0.1) is 5.92 Å². The number of aromatic nitrogens is 2. The molecule has 2 aromatic heterocycles. The van der Waals surface area contributed by atoms with Gasteiger partial charge in [-0.1, -0.05) is 6.92 Å². The number of nitrogens with two attached hydrogens (primary N) is 1.